The van der Waals surface area contributed by atoms with Gasteiger partial charge in [0.2, 0.25) is 5.95 Å². The van der Waals surface area contributed by atoms with Crippen molar-refractivity contribution in [1.82, 2.24) is 19.6 Å². The zero-order chi connectivity index (χ0) is 13.9. The van der Waals surface area contributed by atoms with Gasteiger partial charge < -0.3 is 5.32 Å². The number of aryl methyl sites for hydroxylation is 2. The molecule has 3 aromatic rings. The van der Waals surface area contributed by atoms with Crippen molar-refractivity contribution in [3.05, 3.63) is 53.5 Å². The highest BCUT2D eigenvalue weighted by molar-refractivity contribution is 5.44. The van der Waals surface area contributed by atoms with E-state index in [9.17, 15) is 0 Å². The van der Waals surface area contributed by atoms with E-state index in [1.54, 1.807) is 0 Å². The number of anilines is 1. The number of hydrogen-bond acceptors (Lipinski definition) is 4. The Morgan fingerprint density at radius 3 is 2.90 bits per heavy atom. The number of fused-ring (bicyclic) bond motifs is 1. The molecule has 20 heavy (non-hydrogen) atoms. The largest absolute Gasteiger partial charge is 0.347 e. The van der Waals surface area contributed by atoms with Crippen molar-refractivity contribution in [2.75, 3.05) is 5.32 Å². The normalized spacial score (nSPS) is 10.9. The van der Waals surface area contributed by atoms with Gasteiger partial charge in [0.05, 0.1) is 12.2 Å². The molecule has 0 aliphatic carbocycles. The number of hydrogen-bond donors (Lipinski definition) is 1. The number of pyridine rings is 2. The van der Waals surface area contributed by atoms with E-state index in [0.717, 1.165) is 23.5 Å². The van der Waals surface area contributed by atoms with Crippen LogP contribution < -0.4 is 5.32 Å². The minimum absolute atomic E-state index is 0.631. The first kappa shape index (κ1) is 12.6. The van der Waals surface area contributed by atoms with Crippen LogP contribution in [-0.4, -0.2) is 19.6 Å². The van der Waals surface area contributed by atoms with Crippen molar-refractivity contribution in [3.63, 3.8) is 0 Å². The second-order valence-electron chi connectivity index (χ2n) is 4.69. The van der Waals surface area contributed by atoms with Crippen molar-refractivity contribution in [1.29, 1.82) is 0 Å². The molecule has 1 N–H and O–H groups in total. The molecular weight excluding hydrogens is 250 g/mol. The van der Waals surface area contributed by atoms with Gasteiger partial charge in [0.25, 0.3) is 0 Å². The third-order valence-electron chi connectivity index (χ3n) is 3.33. The first-order valence-electron chi connectivity index (χ1n) is 6.77. The van der Waals surface area contributed by atoms with E-state index in [0.29, 0.717) is 12.5 Å². The van der Waals surface area contributed by atoms with Gasteiger partial charge in [0.1, 0.15) is 0 Å². The third-order valence-corrected chi connectivity index (χ3v) is 3.33. The van der Waals surface area contributed by atoms with Crippen LogP contribution in [0.15, 0.2) is 36.5 Å². The molecule has 3 heterocycles. The van der Waals surface area contributed by atoms with Crippen LogP contribution in [0.4, 0.5) is 5.95 Å². The Hall–Kier alpha value is -2.43. The third kappa shape index (κ3) is 2.34. The van der Waals surface area contributed by atoms with Crippen LogP contribution in [0.2, 0.25) is 0 Å². The van der Waals surface area contributed by atoms with Gasteiger partial charge in [-0.2, -0.15) is 4.98 Å². The summed E-state index contributed by atoms with van der Waals surface area (Å²) in [4.78, 5) is 8.87. The highest BCUT2D eigenvalue weighted by Crippen LogP contribution is 2.11. The molecule has 0 fully saturated rings. The number of nitrogens with zero attached hydrogens (tertiary/aromatic N) is 4. The van der Waals surface area contributed by atoms with Gasteiger partial charge >= 0.3 is 0 Å². The second kappa shape index (κ2) is 5.28. The Morgan fingerprint density at radius 2 is 2.10 bits per heavy atom. The van der Waals surface area contributed by atoms with E-state index in [-0.39, 0.29) is 0 Å². The monoisotopic (exact) mass is 267 g/mol. The molecule has 0 atom stereocenters. The van der Waals surface area contributed by atoms with Crippen LogP contribution >= 0.6 is 0 Å². The highest BCUT2D eigenvalue weighted by Gasteiger charge is 2.06. The summed E-state index contributed by atoms with van der Waals surface area (Å²) < 4.78 is 1.83. The van der Waals surface area contributed by atoms with E-state index < -0.39 is 0 Å². The standard InChI is InChI=1S/C15H17N5/c1-3-12-7-5-9-16-13(12)10-17-15-18-14-8-4-6-11(2)20(14)19-15/h4-9H,3,10H2,1-2H3,(H,17,19). The average Bonchev–Trinajstić information content (AvgIpc) is 2.90. The van der Waals surface area contributed by atoms with Crippen molar-refractivity contribution >= 4 is 11.6 Å². The maximum Gasteiger partial charge on any atom is 0.243 e. The van der Waals surface area contributed by atoms with Crippen LogP contribution in [0.5, 0.6) is 0 Å². The predicted molar refractivity (Wildman–Crippen MR) is 78.7 cm³/mol. The van der Waals surface area contributed by atoms with Gasteiger partial charge in [-0.1, -0.05) is 19.1 Å². The summed E-state index contributed by atoms with van der Waals surface area (Å²) in [6.07, 6.45) is 2.79. The molecule has 5 nitrogen and oxygen atoms in total. The molecule has 0 radical (unpaired) electrons. The van der Waals surface area contributed by atoms with Crippen molar-refractivity contribution < 1.29 is 0 Å². The molecule has 3 rings (SSSR count). The molecule has 0 saturated heterocycles. The number of aromatic nitrogens is 4. The molecule has 0 unspecified atom stereocenters. The topological polar surface area (TPSA) is 55.1 Å². The molecule has 0 aromatic carbocycles. The van der Waals surface area contributed by atoms with Gasteiger partial charge in [-0.3, -0.25) is 4.98 Å². The van der Waals surface area contributed by atoms with Gasteiger partial charge in [-0.25, -0.2) is 4.52 Å². The fraction of sp³-hybridized carbons (Fsp3) is 0.267. The van der Waals surface area contributed by atoms with Crippen LogP contribution in [-0.2, 0) is 13.0 Å². The summed E-state index contributed by atoms with van der Waals surface area (Å²) in [7, 11) is 0. The lowest BCUT2D eigenvalue weighted by atomic mass is 10.1. The van der Waals surface area contributed by atoms with E-state index in [2.05, 4.69) is 33.4 Å². The first-order valence-corrected chi connectivity index (χ1v) is 6.77. The summed E-state index contributed by atoms with van der Waals surface area (Å²) in [6, 6.07) is 10.0. The van der Waals surface area contributed by atoms with Crippen molar-refractivity contribution in [2.24, 2.45) is 0 Å². The second-order valence-corrected chi connectivity index (χ2v) is 4.69. The fourth-order valence-corrected chi connectivity index (χ4v) is 2.23. The smallest absolute Gasteiger partial charge is 0.243 e. The summed E-state index contributed by atoms with van der Waals surface area (Å²) >= 11 is 0. The Morgan fingerprint density at radius 1 is 1.20 bits per heavy atom. The van der Waals surface area contributed by atoms with Crippen molar-refractivity contribution in [3.8, 4) is 0 Å². The summed E-state index contributed by atoms with van der Waals surface area (Å²) in [5.41, 5.74) is 4.21. The lowest BCUT2D eigenvalue weighted by molar-refractivity contribution is 0.900. The van der Waals surface area contributed by atoms with Crippen LogP contribution in [0.25, 0.3) is 5.65 Å². The Balaban J connectivity index is 1.82. The average molecular weight is 267 g/mol. The van der Waals surface area contributed by atoms with E-state index in [1.165, 1.54) is 5.56 Å². The Bertz CT molecular complexity index is 732. The molecule has 0 saturated carbocycles. The summed E-state index contributed by atoms with van der Waals surface area (Å²) in [6.45, 7) is 4.78. The SMILES string of the molecule is CCc1cccnc1CNc1nc2cccc(C)n2n1. The molecule has 0 amide bonds. The molecule has 0 bridgehead atoms. The maximum atomic E-state index is 4.46. The lowest BCUT2D eigenvalue weighted by Crippen LogP contribution is -2.06. The molecule has 0 spiro atoms. The Kier molecular flexibility index (Phi) is 3.33. The maximum absolute atomic E-state index is 4.46. The van der Waals surface area contributed by atoms with Crippen LogP contribution in [0, 0.1) is 6.92 Å². The zero-order valence-electron chi connectivity index (χ0n) is 11.7. The minimum atomic E-state index is 0.631. The molecule has 0 aliphatic rings. The van der Waals surface area contributed by atoms with E-state index in [1.807, 2.05) is 41.9 Å². The van der Waals surface area contributed by atoms with Crippen LogP contribution in [0.3, 0.4) is 0 Å². The predicted octanol–water partition coefficient (Wildman–Crippen LogP) is 2.61. The lowest BCUT2D eigenvalue weighted by Gasteiger charge is -2.06. The number of nitrogens with one attached hydrogen (secondary N) is 1. The number of rotatable bonds is 4. The molecule has 102 valence electrons. The fourth-order valence-electron chi connectivity index (χ4n) is 2.23. The molecule has 3 aromatic heterocycles. The van der Waals surface area contributed by atoms with Gasteiger partial charge in [-0.05, 0) is 37.1 Å². The zero-order valence-corrected chi connectivity index (χ0v) is 11.7. The van der Waals surface area contributed by atoms with Crippen molar-refractivity contribution in [2.45, 2.75) is 26.8 Å². The molecule has 0 aliphatic heterocycles. The minimum Gasteiger partial charge on any atom is -0.347 e. The van der Waals surface area contributed by atoms with Gasteiger partial charge in [-0.15, -0.1) is 5.10 Å². The van der Waals surface area contributed by atoms with Crippen LogP contribution in [0.1, 0.15) is 23.9 Å². The van der Waals surface area contributed by atoms with Gasteiger partial charge in [0, 0.05) is 11.9 Å². The molecular formula is C15H17N5. The Labute approximate surface area is 117 Å². The first-order chi connectivity index (χ1) is 9.78. The summed E-state index contributed by atoms with van der Waals surface area (Å²) in [5, 5.41) is 7.70. The van der Waals surface area contributed by atoms with E-state index >= 15 is 0 Å². The van der Waals surface area contributed by atoms with E-state index in [4.69, 9.17) is 0 Å². The summed E-state index contributed by atoms with van der Waals surface area (Å²) in [5.74, 6) is 0.631. The quantitative estimate of drug-likeness (QED) is 0.789. The molecule has 5 heteroatoms. The highest BCUT2D eigenvalue weighted by atomic mass is 15.3. The van der Waals surface area contributed by atoms with Gasteiger partial charge in [0.15, 0.2) is 5.65 Å².